The molecular formula is C11H14FNO5. The van der Waals surface area contributed by atoms with E-state index in [0.717, 1.165) is 4.90 Å². The Morgan fingerprint density at radius 2 is 2.11 bits per heavy atom. The van der Waals surface area contributed by atoms with Crippen molar-refractivity contribution in [1.82, 2.24) is 4.90 Å². The van der Waals surface area contributed by atoms with E-state index in [1.807, 2.05) is 0 Å². The van der Waals surface area contributed by atoms with Crippen LogP contribution in [-0.2, 0) is 14.4 Å². The molecule has 2 saturated heterocycles. The summed E-state index contributed by atoms with van der Waals surface area (Å²) in [7, 11) is 0. The van der Waals surface area contributed by atoms with Crippen molar-refractivity contribution in [2.45, 2.75) is 31.5 Å². The maximum absolute atomic E-state index is 12.4. The smallest absolute Gasteiger partial charge is 0.334 e. The van der Waals surface area contributed by atoms with E-state index in [1.165, 1.54) is 6.92 Å². The topological polar surface area (TPSA) is 94.9 Å². The van der Waals surface area contributed by atoms with E-state index < -0.39 is 54.4 Å². The molecule has 2 fully saturated rings. The van der Waals surface area contributed by atoms with Gasteiger partial charge < -0.3 is 15.1 Å². The molecule has 2 aliphatic rings. The minimum atomic E-state index is -1.52. The highest BCUT2D eigenvalue weighted by atomic mass is 19.1. The van der Waals surface area contributed by atoms with Gasteiger partial charge in [0.15, 0.2) is 11.8 Å². The highest BCUT2D eigenvalue weighted by molar-refractivity contribution is 6.11. The number of aliphatic hydroxyl groups excluding tert-OH is 1. The average Bonchev–Trinajstić information content (AvgIpc) is 2.50. The Morgan fingerprint density at radius 1 is 1.50 bits per heavy atom. The lowest BCUT2D eigenvalue weighted by molar-refractivity contribution is -0.171. The van der Waals surface area contributed by atoms with Gasteiger partial charge in [-0.15, -0.1) is 0 Å². The van der Waals surface area contributed by atoms with Crippen LogP contribution in [0.15, 0.2) is 0 Å². The molecule has 2 aliphatic heterocycles. The number of fused-ring (bicyclic) bond motifs is 1. The molecule has 6 nitrogen and oxygen atoms in total. The summed E-state index contributed by atoms with van der Waals surface area (Å²) in [5.74, 6) is -4.20. The number of β-lactam (4-membered cyclic amide) rings is 1. The van der Waals surface area contributed by atoms with E-state index in [0.29, 0.717) is 0 Å². The highest BCUT2D eigenvalue weighted by Gasteiger charge is 2.65. The molecule has 0 saturated carbocycles. The maximum Gasteiger partial charge on any atom is 0.334 e. The van der Waals surface area contributed by atoms with Crippen LogP contribution in [0.5, 0.6) is 0 Å². The van der Waals surface area contributed by atoms with Crippen molar-refractivity contribution in [3.63, 3.8) is 0 Å². The van der Waals surface area contributed by atoms with Gasteiger partial charge in [0.2, 0.25) is 5.91 Å². The quantitative estimate of drug-likeness (QED) is 0.509. The first kappa shape index (κ1) is 12.9. The monoisotopic (exact) mass is 259 g/mol. The highest BCUT2D eigenvalue weighted by Crippen LogP contribution is 2.44. The SMILES string of the molecule is C[C@@H](O)[C@H]1C(=O)N2[C@@H](C(=O)O)C(=O)[C@H](CCF)[C@H]12. The molecule has 7 heteroatoms. The Balaban J connectivity index is 2.32. The molecule has 0 radical (unpaired) electrons. The van der Waals surface area contributed by atoms with Gasteiger partial charge >= 0.3 is 5.97 Å². The number of hydrogen-bond donors (Lipinski definition) is 2. The molecule has 0 bridgehead atoms. The van der Waals surface area contributed by atoms with E-state index in [-0.39, 0.29) is 6.42 Å². The molecule has 0 aromatic heterocycles. The molecule has 2 rings (SSSR count). The van der Waals surface area contributed by atoms with Crippen molar-refractivity contribution < 1.29 is 29.0 Å². The van der Waals surface area contributed by atoms with Crippen LogP contribution >= 0.6 is 0 Å². The number of rotatable bonds is 4. The fourth-order valence-corrected chi connectivity index (χ4v) is 2.97. The zero-order chi connectivity index (χ0) is 13.6. The molecule has 100 valence electrons. The first-order chi connectivity index (χ1) is 8.41. The van der Waals surface area contributed by atoms with Crippen molar-refractivity contribution in [3.8, 4) is 0 Å². The third-order valence-corrected chi connectivity index (χ3v) is 3.73. The summed E-state index contributed by atoms with van der Waals surface area (Å²) in [5.41, 5.74) is 0. The number of hydrogen-bond acceptors (Lipinski definition) is 4. The minimum absolute atomic E-state index is 0.111. The number of alkyl halides is 1. The van der Waals surface area contributed by atoms with Gasteiger partial charge in [-0.25, -0.2) is 4.79 Å². The van der Waals surface area contributed by atoms with Gasteiger partial charge in [0.05, 0.1) is 24.7 Å². The van der Waals surface area contributed by atoms with Crippen LogP contribution in [0.2, 0.25) is 0 Å². The molecule has 2 heterocycles. The number of carbonyl (C=O) groups excluding carboxylic acids is 2. The second-order valence-electron chi connectivity index (χ2n) is 4.73. The van der Waals surface area contributed by atoms with Gasteiger partial charge in [-0.1, -0.05) is 0 Å². The van der Waals surface area contributed by atoms with E-state index in [2.05, 4.69) is 0 Å². The normalized spacial score (nSPS) is 36.3. The predicted octanol–water partition coefficient (Wildman–Crippen LogP) is -0.794. The largest absolute Gasteiger partial charge is 0.479 e. The summed E-state index contributed by atoms with van der Waals surface area (Å²) in [5, 5.41) is 18.5. The van der Waals surface area contributed by atoms with Crippen LogP contribution in [0.1, 0.15) is 13.3 Å². The number of Topliss-reactive ketones (excluding diaryl/α,β-unsaturated/α-hetero) is 1. The Bertz CT molecular complexity index is 410. The van der Waals surface area contributed by atoms with Crippen molar-refractivity contribution in [2.75, 3.05) is 6.67 Å². The summed E-state index contributed by atoms with van der Waals surface area (Å²) < 4.78 is 12.4. The third kappa shape index (κ3) is 1.53. The fraction of sp³-hybridized carbons (Fsp3) is 0.727. The van der Waals surface area contributed by atoms with Gasteiger partial charge in [-0.05, 0) is 13.3 Å². The van der Waals surface area contributed by atoms with Gasteiger partial charge in [-0.2, -0.15) is 0 Å². The Labute approximate surface area is 102 Å². The van der Waals surface area contributed by atoms with Gasteiger partial charge in [0, 0.05) is 5.92 Å². The number of carbonyl (C=O) groups is 3. The average molecular weight is 259 g/mol. The van der Waals surface area contributed by atoms with Crippen molar-refractivity contribution in [2.24, 2.45) is 11.8 Å². The Hall–Kier alpha value is -1.50. The molecule has 18 heavy (non-hydrogen) atoms. The van der Waals surface area contributed by atoms with Crippen LogP contribution < -0.4 is 0 Å². The Morgan fingerprint density at radius 3 is 2.56 bits per heavy atom. The lowest BCUT2D eigenvalue weighted by Gasteiger charge is -2.46. The maximum atomic E-state index is 12.4. The molecule has 0 unspecified atom stereocenters. The first-order valence-corrected chi connectivity index (χ1v) is 5.74. The van der Waals surface area contributed by atoms with E-state index >= 15 is 0 Å². The first-order valence-electron chi connectivity index (χ1n) is 5.74. The zero-order valence-electron chi connectivity index (χ0n) is 9.75. The summed E-state index contributed by atoms with van der Waals surface area (Å²) >= 11 is 0. The predicted molar refractivity (Wildman–Crippen MR) is 56.3 cm³/mol. The van der Waals surface area contributed by atoms with E-state index in [9.17, 15) is 23.9 Å². The summed E-state index contributed by atoms with van der Waals surface area (Å²) in [6.07, 6.45) is -1.08. The number of aliphatic hydroxyl groups is 1. The van der Waals surface area contributed by atoms with Gasteiger partial charge in [-0.3, -0.25) is 14.0 Å². The van der Waals surface area contributed by atoms with Crippen LogP contribution in [0.4, 0.5) is 4.39 Å². The molecule has 0 aromatic rings. The minimum Gasteiger partial charge on any atom is -0.479 e. The number of carboxylic acid groups (broad SMARTS) is 1. The summed E-state index contributed by atoms with van der Waals surface area (Å²) in [4.78, 5) is 35.6. The number of ketones is 1. The van der Waals surface area contributed by atoms with Crippen molar-refractivity contribution >= 4 is 17.7 Å². The van der Waals surface area contributed by atoms with Crippen molar-refractivity contribution in [3.05, 3.63) is 0 Å². The molecule has 0 spiro atoms. The second-order valence-corrected chi connectivity index (χ2v) is 4.73. The Kier molecular flexibility index (Phi) is 3.10. The van der Waals surface area contributed by atoms with Gasteiger partial charge in [0.1, 0.15) is 0 Å². The molecule has 2 N–H and O–H groups in total. The summed E-state index contributed by atoms with van der Waals surface area (Å²) in [6, 6.07) is -2.20. The lowest BCUT2D eigenvalue weighted by Crippen LogP contribution is -2.65. The van der Waals surface area contributed by atoms with Crippen LogP contribution in [-0.4, -0.2) is 57.6 Å². The molecule has 5 atom stereocenters. The number of carboxylic acids is 1. The molecule has 1 amide bonds. The van der Waals surface area contributed by atoms with E-state index in [4.69, 9.17) is 5.11 Å². The number of aliphatic carboxylic acids is 1. The van der Waals surface area contributed by atoms with Gasteiger partial charge in [0.25, 0.3) is 0 Å². The second kappa shape index (κ2) is 4.31. The fourth-order valence-electron chi connectivity index (χ4n) is 2.97. The van der Waals surface area contributed by atoms with E-state index in [1.54, 1.807) is 0 Å². The lowest BCUT2D eigenvalue weighted by atomic mass is 9.78. The van der Waals surface area contributed by atoms with Crippen LogP contribution in [0, 0.1) is 11.8 Å². The number of amides is 1. The zero-order valence-corrected chi connectivity index (χ0v) is 9.75. The van der Waals surface area contributed by atoms with Crippen LogP contribution in [0.25, 0.3) is 0 Å². The molecule has 0 aromatic carbocycles. The standard InChI is InChI=1S/C11H14FNO5/c1-4(14)6-7-5(2-3-12)9(15)8(11(17)18)13(7)10(6)16/h4-8,14H,2-3H2,1H3,(H,17,18)/t4-,5-,6-,7-,8-/m1/s1. The number of nitrogens with zero attached hydrogens (tertiary/aromatic N) is 1. The van der Waals surface area contributed by atoms with Crippen LogP contribution in [0.3, 0.4) is 0 Å². The van der Waals surface area contributed by atoms with Crippen molar-refractivity contribution in [1.29, 1.82) is 0 Å². The number of halogens is 1. The molecular weight excluding hydrogens is 245 g/mol. The summed E-state index contributed by atoms with van der Waals surface area (Å²) in [6.45, 7) is 0.652. The third-order valence-electron chi connectivity index (χ3n) is 3.73. The molecule has 0 aliphatic carbocycles.